The predicted molar refractivity (Wildman–Crippen MR) is 84.6 cm³/mol. The van der Waals surface area contributed by atoms with E-state index in [-0.39, 0.29) is 12.3 Å². The van der Waals surface area contributed by atoms with Gasteiger partial charge in [0.15, 0.2) is 0 Å². The van der Waals surface area contributed by atoms with Gasteiger partial charge in [0.05, 0.1) is 12.8 Å². The van der Waals surface area contributed by atoms with E-state index in [1.165, 1.54) is 0 Å². The molecule has 22 heavy (non-hydrogen) atoms. The van der Waals surface area contributed by atoms with Crippen LogP contribution >= 0.6 is 0 Å². The molecule has 1 aromatic carbocycles. The summed E-state index contributed by atoms with van der Waals surface area (Å²) in [6, 6.07) is 13.8. The molecule has 0 unspecified atom stereocenters. The molecular formula is C18H23NO3. The largest absolute Gasteiger partial charge is 0.491 e. The fourth-order valence-electron chi connectivity index (χ4n) is 2.83. The highest BCUT2D eigenvalue weighted by molar-refractivity contribution is 5.20. The van der Waals surface area contributed by atoms with Gasteiger partial charge in [0.2, 0.25) is 0 Å². The van der Waals surface area contributed by atoms with Gasteiger partial charge in [-0.25, -0.2) is 0 Å². The van der Waals surface area contributed by atoms with Crippen LogP contribution in [0.25, 0.3) is 0 Å². The third-order valence-electron chi connectivity index (χ3n) is 3.82. The van der Waals surface area contributed by atoms with E-state index in [2.05, 4.69) is 18.7 Å². The minimum atomic E-state index is 0.0857. The summed E-state index contributed by atoms with van der Waals surface area (Å²) in [5.74, 6) is 2.28. The highest BCUT2D eigenvalue weighted by atomic mass is 16.6. The molecule has 0 N–H and O–H groups in total. The number of hydrogen-bond donors (Lipinski definition) is 0. The molecule has 2 atom stereocenters. The topological polar surface area (TPSA) is 34.8 Å². The molecule has 0 amide bonds. The maximum Gasteiger partial charge on any atom is 0.119 e. The second-order valence-electron chi connectivity index (χ2n) is 6.03. The molecule has 0 radical (unpaired) electrons. The molecule has 2 aromatic rings. The maximum absolute atomic E-state index is 6.17. The highest BCUT2D eigenvalue weighted by Gasteiger charge is 2.35. The Hall–Kier alpha value is -1.78. The molecule has 3 rings (SSSR count). The summed E-state index contributed by atoms with van der Waals surface area (Å²) in [6.45, 7) is 6.57. The number of rotatable bonds is 6. The molecule has 1 aromatic heterocycles. The summed E-state index contributed by atoms with van der Waals surface area (Å²) >= 11 is 0. The molecule has 4 heteroatoms. The zero-order chi connectivity index (χ0) is 15.4. The summed E-state index contributed by atoms with van der Waals surface area (Å²) < 4.78 is 17.5. The third-order valence-corrected chi connectivity index (χ3v) is 3.82. The van der Waals surface area contributed by atoms with E-state index >= 15 is 0 Å². The summed E-state index contributed by atoms with van der Waals surface area (Å²) in [5.41, 5.74) is 0. The van der Waals surface area contributed by atoms with Crippen molar-refractivity contribution in [2.75, 3.05) is 13.2 Å². The first-order chi connectivity index (χ1) is 10.7. The maximum atomic E-state index is 6.17. The van der Waals surface area contributed by atoms with Gasteiger partial charge in [-0.05, 0) is 30.2 Å². The monoisotopic (exact) mass is 301 g/mol. The van der Waals surface area contributed by atoms with Crippen LogP contribution in [0.1, 0.15) is 19.6 Å². The number of hydrogen-bond acceptors (Lipinski definition) is 4. The zero-order valence-corrected chi connectivity index (χ0v) is 13.1. The predicted octanol–water partition coefficient (Wildman–Crippen LogP) is 3.54. The van der Waals surface area contributed by atoms with Crippen LogP contribution in [-0.4, -0.2) is 30.4 Å². The third kappa shape index (κ3) is 3.70. The molecule has 1 aliphatic heterocycles. The Morgan fingerprint density at radius 2 is 2.00 bits per heavy atom. The van der Waals surface area contributed by atoms with Crippen molar-refractivity contribution in [2.45, 2.75) is 32.7 Å². The molecule has 4 nitrogen and oxygen atoms in total. The lowest BCUT2D eigenvalue weighted by Crippen LogP contribution is -2.33. The van der Waals surface area contributed by atoms with Crippen molar-refractivity contribution in [2.24, 2.45) is 5.92 Å². The van der Waals surface area contributed by atoms with Gasteiger partial charge in [-0.3, -0.25) is 4.90 Å². The Balaban J connectivity index is 1.58. The van der Waals surface area contributed by atoms with Crippen LogP contribution in [-0.2, 0) is 11.3 Å². The van der Waals surface area contributed by atoms with Gasteiger partial charge in [-0.2, -0.15) is 0 Å². The van der Waals surface area contributed by atoms with E-state index in [1.807, 2.05) is 42.5 Å². The molecular weight excluding hydrogens is 278 g/mol. The second-order valence-corrected chi connectivity index (χ2v) is 6.03. The van der Waals surface area contributed by atoms with E-state index < -0.39 is 0 Å². The average Bonchev–Trinajstić information content (AvgIpc) is 3.16. The van der Waals surface area contributed by atoms with Crippen molar-refractivity contribution in [1.29, 1.82) is 0 Å². The van der Waals surface area contributed by atoms with Gasteiger partial charge in [0.1, 0.15) is 30.4 Å². The first-order valence-electron chi connectivity index (χ1n) is 7.82. The molecule has 1 fully saturated rings. The standard InChI is InChI=1S/C18H23NO3/c1-14(2)18-19(11-16-9-6-10-20-16)12-17(22-18)13-21-15-7-4-3-5-8-15/h3-10,14,17-18H,11-13H2,1-2H3/t17-,18+/m1/s1. The molecule has 0 spiro atoms. The summed E-state index contributed by atoms with van der Waals surface area (Å²) in [5, 5.41) is 0. The van der Waals surface area contributed by atoms with Gasteiger partial charge in [0.25, 0.3) is 0 Å². The van der Waals surface area contributed by atoms with Crippen LogP contribution in [0.15, 0.2) is 53.1 Å². The van der Waals surface area contributed by atoms with Crippen molar-refractivity contribution < 1.29 is 13.9 Å². The Labute approximate surface area is 131 Å². The lowest BCUT2D eigenvalue weighted by atomic mass is 10.2. The molecule has 0 saturated carbocycles. The molecule has 1 aliphatic rings. The van der Waals surface area contributed by atoms with Gasteiger partial charge in [-0.15, -0.1) is 0 Å². The van der Waals surface area contributed by atoms with Crippen molar-refractivity contribution in [3.63, 3.8) is 0 Å². The quantitative estimate of drug-likeness (QED) is 0.817. The van der Waals surface area contributed by atoms with Crippen molar-refractivity contribution in [1.82, 2.24) is 4.90 Å². The molecule has 1 saturated heterocycles. The van der Waals surface area contributed by atoms with Crippen LogP contribution in [0.3, 0.4) is 0 Å². The van der Waals surface area contributed by atoms with E-state index in [1.54, 1.807) is 6.26 Å². The number of furan rings is 1. The first kappa shape index (κ1) is 15.1. The summed E-state index contributed by atoms with van der Waals surface area (Å²) in [6.07, 6.45) is 1.91. The fraction of sp³-hybridized carbons (Fsp3) is 0.444. The van der Waals surface area contributed by atoms with Gasteiger partial charge < -0.3 is 13.9 Å². The zero-order valence-electron chi connectivity index (χ0n) is 13.1. The number of ether oxygens (including phenoxy) is 2. The lowest BCUT2D eigenvalue weighted by molar-refractivity contribution is -0.0442. The first-order valence-corrected chi connectivity index (χ1v) is 7.82. The highest BCUT2D eigenvalue weighted by Crippen LogP contribution is 2.25. The van der Waals surface area contributed by atoms with Crippen LogP contribution in [0.5, 0.6) is 5.75 Å². The van der Waals surface area contributed by atoms with Gasteiger partial charge in [0, 0.05) is 6.54 Å². The second kappa shape index (κ2) is 6.99. The molecule has 2 heterocycles. The minimum absolute atomic E-state index is 0.0857. The van der Waals surface area contributed by atoms with Crippen molar-refractivity contribution in [3.05, 3.63) is 54.5 Å². The van der Waals surface area contributed by atoms with Crippen LogP contribution < -0.4 is 4.74 Å². The van der Waals surface area contributed by atoms with E-state index in [0.29, 0.717) is 12.5 Å². The Morgan fingerprint density at radius 3 is 2.68 bits per heavy atom. The molecule has 0 aliphatic carbocycles. The van der Waals surface area contributed by atoms with Crippen LogP contribution in [0.4, 0.5) is 0 Å². The van der Waals surface area contributed by atoms with E-state index in [4.69, 9.17) is 13.9 Å². The van der Waals surface area contributed by atoms with E-state index in [9.17, 15) is 0 Å². The van der Waals surface area contributed by atoms with Crippen molar-refractivity contribution >= 4 is 0 Å². The summed E-state index contributed by atoms with van der Waals surface area (Å²) in [4.78, 5) is 2.32. The fourth-order valence-corrected chi connectivity index (χ4v) is 2.83. The minimum Gasteiger partial charge on any atom is -0.491 e. The summed E-state index contributed by atoms with van der Waals surface area (Å²) in [7, 11) is 0. The van der Waals surface area contributed by atoms with Gasteiger partial charge in [-0.1, -0.05) is 32.0 Å². The Morgan fingerprint density at radius 1 is 1.18 bits per heavy atom. The Bertz CT molecular complexity index is 553. The van der Waals surface area contributed by atoms with Crippen LogP contribution in [0, 0.1) is 5.92 Å². The lowest BCUT2D eigenvalue weighted by Gasteiger charge is -2.24. The van der Waals surface area contributed by atoms with E-state index in [0.717, 1.165) is 24.6 Å². The SMILES string of the molecule is CC(C)[C@@H]1O[C@@H](COc2ccccc2)CN1Cc1ccco1. The number of nitrogens with zero attached hydrogens (tertiary/aromatic N) is 1. The normalized spacial score (nSPS) is 22.3. The van der Waals surface area contributed by atoms with Crippen molar-refractivity contribution in [3.8, 4) is 5.75 Å². The number of para-hydroxylation sites is 1. The number of benzene rings is 1. The molecule has 0 bridgehead atoms. The van der Waals surface area contributed by atoms with Crippen LogP contribution in [0.2, 0.25) is 0 Å². The smallest absolute Gasteiger partial charge is 0.119 e. The molecule has 118 valence electrons. The average molecular weight is 301 g/mol. The van der Waals surface area contributed by atoms with Gasteiger partial charge >= 0.3 is 0 Å². The Kier molecular flexibility index (Phi) is 4.80.